The second-order valence-corrected chi connectivity index (χ2v) is 10.0. The van der Waals surface area contributed by atoms with Gasteiger partial charge in [-0.25, -0.2) is 5.01 Å². The van der Waals surface area contributed by atoms with Crippen LogP contribution < -0.4 is 5.32 Å². The standard InChI is InChI=1S/C25H26Cl2F3N3O2/c1-15(20-10-9-19(26)13-21(20)27)32-33(23(35)11-16-7-8-16)14-22(34)31-24(2,3)17-5-4-6-18(12-17)25(28,29)30/h4-6,9-10,12-13,16H,7-8,11,14H2,1-3H3,(H,31,34)/b32-15+. The van der Waals surface area contributed by atoms with Crippen LogP contribution in [-0.2, 0) is 21.3 Å². The highest BCUT2D eigenvalue weighted by atomic mass is 35.5. The Labute approximate surface area is 212 Å². The lowest BCUT2D eigenvalue weighted by atomic mass is 9.92. The molecule has 3 rings (SSSR count). The Hall–Kier alpha value is -2.58. The molecule has 0 bridgehead atoms. The van der Waals surface area contributed by atoms with E-state index >= 15 is 0 Å². The summed E-state index contributed by atoms with van der Waals surface area (Å²) in [6.07, 6.45) is -2.35. The predicted molar refractivity (Wildman–Crippen MR) is 130 cm³/mol. The smallest absolute Gasteiger partial charge is 0.346 e. The third kappa shape index (κ3) is 7.45. The number of benzene rings is 2. The van der Waals surface area contributed by atoms with Gasteiger partial charge >= 0.3 is 6.18 Å². The molecule has 10 heteroatoms. The van der Waals surface area contributed by atoms with Gasteiger partial charge < -0.3 is 5.32 Å². The maximum absolute atomic E-state index is 13.1. The summed E-state index contributed by atoms with van der Waals surface area (Å²) in [4.78, 5) is 25.8. The van der Waals surface area contributed by atoms with Crippen molar-refractivity contribution < 1.29 is 22.8 Å². The maximum atomic E-state index is 13.1. The Morgan fingerprint density at radius 1 is 1.09 bits per heavy atom. The molecule has 2 amide bonds. The molecular weight excluding hydrogens is 502 g/mol. The first-order valence-corrected chi connectivity index (χ1v) is 11.8. The highest BCUT2D eigenvalue weighted by Crippen LogP contribution is 2.34. The number of nitrogens with zero attached hydrogens (tertiary/aromatic N) is 2. The fourth-order valence-electron chi connectivity index (χ4n) is 3.55. The first kappa shape index (κ1) is 27.0. The minimum atomic E-state index is -4.50. The molecular formula is C25H26Cl2F3N3O2. The van der Waals surface area contributed by atoms with Crippen molar-refractivity contribution in [1.82, 2.24) is 10.3 Å². The van der Waals surface area contributed by atoms with Crippen molar-refractivity contribution in [2.45, 2.75) is 51.7 Å². The number of nitrogens with one attached hydrogen (secondary N) is 1. The van der Waals surface area contributed by atoms with Crippen LogP contribution in [0.5, 0.6) is 0 Å². The van der Waals surface area contributed by atoms with Crippen LogP contribution in [0.4, 0.5) is 13.2 Å². The van der Waals surface area contributed by atoms with E-state index in [-0.39, 0.29) is 23.8 Å². The number of amides is 2. The highest BCUT2D eigenvalue weighted by Gasteiger charge is 2.33. The number of hydrazone groups is 1. The first-order valence-electron chi connectivity index (χ1n) is 11.1. The maximum Gasteiger partial charge on any atom is 0.416 e. The van der Waals surface area contributed by atoms with Crippen molar-refractivity contribution in [3.05, 3.63) is 69.2 Å². The summed E-state index contributed by atoms with van der Waals surface area (Å²) in [6.45, 7) is 4.46. The second-order valence-electron chi connectivity index (χ2n) is 9.16. The lowest BCUT2D eigenvalue weighted by Crippen LogP contribution is -2.46. The summed E-state index contributed by atoms with van der Waals surface area (Å²) >= 11 is 12.2. The van der Waals surface area contributed by atoms with Gasteiger partial charge in [-0.15, -0.1) is 0 Å². The van der Waals surface area contributed by atoms with Gasteiger partial charge in [-0.2, -0.15) is 18.3 Å². The van der Waals surface area contributed by atoms with Crippen LogP contribution >= 0.6 is 23.2 Å². The van der Waals surface area contributed by atoms with Crippen LogP contribution in [0, 0.1) is 5.92 Å². The predicted octanol–water partition coefficient (Wildman–Crippen LogP) is 6.42. The van der Waals surface area contributed by atoms with Gasteiger partial charge in [-0.1, -0.05) is 41.4 Å². The van der Waals surface area contributed by atoms with Crippen LogP contribution in [-0.4, -0.2) is 29.1 Å². The van der Waals surface area contributed by atoms with Gasteiger partial charge in [-0.3, -0.25) is 9.59 Å². The van der Waals surface area contributed by atoms with Crippen molar-refractivity contribution in [3.63, 3.8) is 0 Å². The monoisotopic (exact) mass is 527 g/mol. The van der Waals surface area contributed by atoms with E-state index in [1.807, 2.05) is 0 Å². The van der Waals surface area contributed by atoms with E-state index in [1.165, 1.54) is 12.1 Å². The van der Waals surface area contributed by atoms with Crippen molar-refractivity contribution in [2.75, 3.05) is 6.54 Å². The van der Waals surface area contributed by atoms with E-state index in [9.17, 15) is 22.8 Å². The van der Waals surface area contributed by atoms with Crippen LogP contribution in [0.15, 0.2) is 47.6 Å². The van der Waals surface area contributed by atoms with Gasteiger partial charge in [0.25, 0.3) is 0 Å². The van der Waals surface area contributed by atoms with Gasteiger partial charge in [0.05, 0.1) is 21.8 Å². The molecule has 0 saturated heterocycles. The minimum absolute atomic E-state index is 0.259. The lowest BCUT2D eigenvalue weighted by molar-refractivity contribution is -0.138. The molecule has 0 atom stereocenters. The van der Waals surface area contributed by atoms with Crippen molar-refractivity contribution in [1.29, 1.82) is 0 Å². The zero-order valence-corrected chi connectivity index (χ0v) is 21.1. The third-order valence-electron chi connectivity index (χ3n) is 5.70. The van der Waals surface area contributed by atoms with Crippen molar-refractivity contribution in [2.24, 2.45) is 11.0 Å². The number of carbonyl (C=O) groups is 2. The molecule has 0 aromatic heterocycles. The van der Waals surface area contributed by atoms with E-state index in [1.54, 1.807) is 39.0 Å². The normalized spacial score (nSPS) is 14.6. The number of hydrogen-bond acceptors (Lipinski definition) is 3. The van der Waals surface area contributed by atoms with Crippen LogP contribution in [0.2, 0.25) is 10.0 Å². The first-order chi connectivity index (χ1) is 16.3. The average Bonchev–Trinajstić information content (AvgIpc) is 3.56. The highest BCUT2D eigenvalue weighted by molar-refractivity contribution is 6.37. The van der Waals surface area contributed by atoms with Gasteiger partial charge in [0.2, 0.25) is 11.8 Å². The summed E-state index contributed by atoms with van der Waals surface area (Å²) in [6, 6.07) is 9.64. The molecule has 0 unspecified atom stereocenters. The molecule has 1 saturated carbocycles. The molecule has 188 valence electrons. The lowest BCUT2D eigenvalue weighted by Gasteiger charge is -2.29. The van der Waals surface area contributed by atoms with E-state index in [4.69, 9.17) is 23.2 Å². The van der Waals surface area contributed by atoms with Crippen molar-refractivity contribution in [3.8, 4) is 0 Å². The topological polar surface area (TPSA) is 61.8 Å². The zero-order valence-electron chi connectivity index (χ0n) is 19.5. The fraction of sp³-hybridized carbons (Fsp3) is 0.400. The Balaban J connectivity index is 1.80. The number of halogens is 5. The molecule has 1 fully saturated rings. The zero-order chi connectivity index (χ0) is 26.0. The Kier molecular flexibility index (Phi) is 8.17. The summed E-state index contributed by atoms with van der Waals surface area (Å²) < 4.78 is 39.4. The van der Waals surface area contributed by atoms with E-state index in [0.717, 1.165) is 30.0 Å². The molecule has 2 aromatic carbocycles. The summed E-state index contributed by atoms with van der Waals surface area (Å²) in [7, 11) is 0. The minimum Gasteiger partial charge on any atom is -0.346 e. The average molecular weight is 528 g/mol. The molecule has 35 heavy (non-hydrogen) atoms. The Morgan fingerprint density at radius 3 is 2.34 bits per heavy atom. The fourth-order valence-corrected chi connectivity index (χ4v) is 4.10. The number of rotatable bonds is 8. The summed E-state index contributed by atoms with van der Waals surface area (Å²) in [5, 5.41) is 8.99. The van der Waals surface area contributed by atoms with Crippen LogP contribution in [0.3, 0.4) is 0 Å². The second kappa shape index (κ2) is 10.6. The molecule has 1 aliphatic carbocycles. The van der Waals surface area contributed by atoms with E-state index in [0.29, 0.717) is 21.3 Å². The molecule has 5 nitrogen and oxygen atoms in total. The molecule has 0 heterocycles. The molecule has 2 aromatic rings. The van der Waals surface area contributed by atoms with E-state index in [2.05, 4.69) is 10.4 Å². The summed E-state index contributed by atoms with van der Waals surface area (Å²) in [5.74, 6) is -0.608. The van der Waals surface area contributed by atoms with Gasteiger partial charge in [0.15, 0.2) is 0 Å². The van der Waals surface area contributed by atoms with Crippen LogP contribution in [0.1, 0.15) is 56.7 Å². The summed E-state index contributed by atoms with van der Waals surface area (Å²) in [5.41, 5.74) is -0.671. The SMILES string of the molecule is C/C(=N\N(CC(=O)NC(C)(C)c1cccc(C(F)(F)F)c1)C(=O)CC1CC1)c1ccc(Cl)cc1Cl. The number of carbonyl (C=O) groups excluding carboxylic acids is 2. The molecule has 1 aliphatic rings. The number of alkyl halides is 3. The third-order valence-corrected chi connectivity index (χ3v) is 6.24. The van der Waals surface area contributed by atoms with E-state index < -0.39 is 29.7 Å². The van der Waals surface area contributed by atoms with Crippen molar-refractivity contribution >= 4 is 40.7 Å². The van der Waals surface area contributed by atoms with Crippen LogP contribution in [0.25, 0.3) is 0 Å². The Bertz CT molecular complexity index is 1150. The van der Waals surface area contributed by atoms with Gasteiger partial charge in [-0.05, 0) is 69.4 Å². The molecule has 0 aliphatic heterocycles. The molecule has 0 radical (unpaired) electrons. The Morgan fingerprint density at radius 2 is 1.74 bits per heavy atom. The number of hydrogen-bond donors (Lipinski definition) is 1. The quantitative estimate of drug-likeness (QED) is 0.318. The largest absolute Gasteiger partial charge is 0.416 e. The molecule has 1 N–H and O–H groups in total. The van der Waals surface area contributed by atoms with Gasteiger partial charge in [0, 0.05) is 17.0 Å². The molecule has 0 spiro atoms. The van der Waals surface area contributed by atoms with Gasteiger partial charge in [0.1, 0.15) is 6.54 Å².